The van der Waals surface area contributed by atoms with E-state index in [4.69, 9.17) is 16.3 Å². The number of ether oxygens (including phenoxy) is 1. The summed E-state index contributed by atoms with van der Waals surface area (Å²) in [5.74, 6) is 1.31. The summed E-state index contributed by atoms with van der Waals surface area (Å²) in [5, 5.41) is 1.14. The van der Waals surface area contributed by atoms with Gasteiger partial charge in [0.25, 0.3) is 0 Å². The first kappa shape index (κ1) is 13.9. The molecule has 3 heteroatoms. The summed E-state index contributed by atoms with van der Waals surface area (Å²) in [6.45, 7) is 2.47. The van der Waals surface area contributed by atoms with Gasteiger partial charge in [-0.3, -0.25) is 0 Å². The third-order valence-electron chi connectivity index (χ3n) is 3.46. The zero-order valence-electron chi connectivity index (χ0n) is 11.8. The first-order chi connectivity index (χ1) is 10.3. The van der Waals surface area contributed by atoms with Crippen molar-refractivity contribution in [3.05, 3.63) is 71.4 Å². The summed E-state index contributed by atoms with van der Waals surface area (Å²) in [5.41, 5.74) is 4.00. The SMILES string of the molecule is Cc1cccc(CCl)c1OCc1ccc2ccccc2n1. The maximum Gasteiger partial charge on any atom is 0.130 e. The van der Waals surface area contributed by atoms with E-state index in [9.17, 15) is 0 Å². The molecule has 106 valence electrons. The van der Waals surface area contributed by atoms with Crippen molar-refractivity contribution in [1.82, 2.24) is 4.98 Å². The Morgan fingerprint density at radius 3 is 2.71 bits per heavy atom. The van der Waals surface area contributed by atoms with E-state index in [0.29, 0.717) is 12.5 Å². The average Bonchev–Trinajstić information content (AvgIpc) is 2.53. The van der Waals surface area contributed by atoms with Gasteiger partial charge in [0.05, 0.1) is 17.1 Å². The van der Waals surface area contributed by atoms with Gasteiger partial charge in [0.1, 0.15) is 12.4 Å². The Hall–Kier alpha value is -2.06. The zero-order chi connectivity index (χ0) is 14.7. The standard InChI is InChI=1S/C18H16ClNO/c1-13-5-4-7-15(11-19)18(13)21-12-16-10-9-14-6-2-3-8-17(14)20-16/h2-10H,11-12H2,1H3. The lowest BCUT2D eigenvalue weighted by atomic mass is 10.1. The molecule has 0 aliphatic carbocycles. The molecule has 1 heterocycles. The van der Waals surface area contributed by atoms with E-state index in [1.807, 2.05) is 49.4 Å². The third kappa shape index (κ3) is 3.01. The van der Waals surface area contributed by atoms with E-state index >= 15 is 0 Å². The molecule has 0 N–H and O–H groups in total. The Bertz CT molecular complexity index is 770. The zero-order valence-corrected chi connectivity index (χ0v) is 12.6. The number of halogens is 1. The van der Waals surface area contributed by atoms with Gasteiger partial charge >= 0.3 is 0 Å². The molecule has 0 atom stereocenters. The number of hydrogen-bond donors (Lipinski definition) is 0. The molecule has 3 aromatic rings. The molecule has 21 heavy (non-hydrogen) atoms. The lowest BCUT2D eigenvalue weighted by Crippen LogP contribution is -2.01. The van der Waals surface area contributed by atoms with E-state index in [-0.39, 0.29) is 0 Å². The monoisotopic (exact) mass is 297 g/mol. The Morgan fingerprint density at radius 2 is 1.86 bits per heavy atom. The average molecular weight is 298 g/mol. The maximum atomic E-state index is 5.97. The van der Waals surface area contributed by atoms with Gasteiger partial charge in [0, 0.05) is 10.9 Å². The van der Waals surface area contributed by atoms with Crippen LogP contribution in [-0.4, -0.2) is 4.98 Å². The fourth-order valence-electron chi connectivity index (χ4n) is 2.36. The summed E-state index contributed by atoms with van der Waals surface area (Å²) in [6, 6.07) is 18.2. The number of pyridine rings is 1. The van der Waals surface area contributed by atoms with Gasteiger partial charge in [0.2, 0.25) is 0 Å². The van der Waals surface area contributed by atoms with Crippen LogP contribution in [-0.2, 0) is 12.5 Å². The van der Waals surface area contributed by atoms with Crippen molar-refractivity contribution in [2.45, 2.75) is 19.4 Å². The van der Waals surface area contributed by atoms with Gasteiger partial charge in [-0.15, -0.1) is 11.6 Å². The highest BCUT2D eigenvalue weighted by molar-refractivity contribution is 6.17. The highest BCUT2D eigenvalue weighted by Crippen LogP contribution is 2.25. The van der Waals surface area contributed by atoms with Crippen molar-refractivity contribution in [2.75, 3.05) is 0 Å². The molecule has 0 spiro atoms. The van der Waals surface area contributed by atoms with Crippen molar-refractivity contribution in [1.29, 1.82) is 0 Å². The molecule has 0 saturated heterocycles. The highest BCUT2D eigenvalue weighted by Gasteiger charge is 2.07. The van der Waals surface area contributed by atoms with Crippen LogP contribution in [0, 0.1) is 6.92 Å². The van der Waals surface area contributed by atoms with Gasteiger partial charge in [-0.1, -0.05) is 42.5 Å². The molecular formula is C18H16ClNO. The number of rotatable bonds is 4. The lowest BCUT2D eigenvalue weighted by Gasteiger charge is -2.12. The predicted octanol–water partition coefficient (Wildman–Crippen LogP) is 4.86. The van der Waals surface area contributed by atoms with E-state index in [0.717, 1.165) is 33.5 Å². The second-order valence-electron chi connectivity index (χ2n) is 4.98. The van der Waals surface area contributed by atoms with Gasteiger partial charge in [-0.25, -0.2) is 4.98 Å². The normalized spacial score (nSPS) is 10.8. The maximum absolute atomic E-state index is 5.97. The van der Waals surface area contributed by atoms with Crippen LogP contribution in [0.5, 0.6) is 5.75 Å². The molecule has 1 aromatic heterocycles. The largest absolute Gasteiger partial charge is 0.487 e. The Balaban J connectivity index is 1.83. The van der Waals surface area contributed by atoms with Crippen LogP contribution in [0.2, 0.25) is 0 Å². The van der Waals surface area contributed by atoms with Crippen LogP contribution in [0.4, 0.5) is 0 Å². The summed E-state index contributed by atoms with van der Waals surface area (Å²) in [4.78, 5) is 4.62. The van der Waals surface area contributed by atoms with Crippen molar-refractivity contribution in [2.24, 2.45) is 0 Å². The minimum atomic E-state index is 0.444. The smallest absolute Gasteiger partial charge is 0.130 e. The summed E-state index contributed by atoms with van der Waals surface area (Å²) in [6.07, 6.45) is 0. The first-order valence-electron chi connectivity index (χ1n) is 6.90. The van der Waals surface area contributed by atoms with E-state index in [1.165, 1.54) is 0 Å². The van der Waals surface area contributed by atoms with Gasteiger partial charge < -0.3 is 4.74 Å². The predicted molar refractivity (Wildman–Crippen MR) is 86.8 cm³/mol. The summed E-state index contributed by atoms with van der Waals surface area (Å²) >= 11 is 5.97. The highest BCUT2D eigenvalue weighted by atomic mass is 35.5. The second-order valence-corrected chi connectivity index (χ2v) is 5.25. The number of alkyl halides is 1. The topological polar surface area (TPSA) is 22.1 Å². The fourth-order valence-corrected chi connectivity index (χ4v) is 2.57. The molecule has 2 nitrogen and oxygen atoms in total. The summed E-state index contributed by atoms with van der Waals surface area (Å²) < 4.78 is 5.95. The first-order valence-corrected chi connectivity index (χ1v) is 7.43. The molecule has 3 rings (SSSR count). The molecular weight excluding hydrogens is 282 g/mol. The third-order valence-corrected chi connectivity index (χ3v) is 3.75. The minimum absolute atomic E-state index is 0.444. The van der Waals surface area contributed by atoms with Crippen molar-refractivity contribution in [3.8, 4) is 5.75 Å². The van der Waals surface area contributed by atoms with Gasteiger partial charge in [-0.05, 0) is 24.6 Å². The Labute approximate surface area is 129 Å². The number of hydrogen-bond acceptors (Lipinski definition) is 2. The van der Waals surface area contributed by atoms with Crippen molar-refractivity contribution in [3.63, 3.8) is 0 Å². The molecule has 0 amide bonds. The molecule has 0 saturated carbocycles. The van der Waals surface area contributed by atoms with E-state index in [2.05, 4.69) is 17.1 Å². The number of aromatic nitrogens is 1. The van der Waals surface area contributed by atoms with Crippen LogP contribution >= 0.6 is 11.6 Å². The fraction of sp³-hybridized carbons (Fsp3) is 0.167. The quantitative estimate of drug-likeness (QED) is 0.642. The second kappa shape index (κ2) is 6.15. The van der Waals surface area contributed by atoms with Crippen LogP contribution in [0.15, 0.2) is 54.6 Å². The van der Waals surface area contributed by atoms with Crippen LogP contribution in [0.3, 0.4) is 0 Å². The van der Waals surface area contributed by atoms with Crippen LogP contribution in [0.25, 0.3) is 10.9 Å². The molecule has 0 aliphatic heterocycles. The molecule has 0 fully saturated rings. The minimum Gasteiger partial charge on any atom is -0.487 e. The summed E-state index contributed by atoms with van der Waals surface area (Å²) in [7, 11) is 0. The molecule has 0 radical (unpaired) electrons. The number of benzene rings is 2. The van der Waals surface area contributed by atoms with Gasteiger partial charge in [0.15, 0.2) is 0 Å². The van der Waals surface area contributed by atoms with Crippen molar-refractivity contribution >= 4 is 22.5 Å². The van der Waals surface area contributed by atoms with Crippen LogP contribution in [0.1, 0.15) is 16.8 Å². The van der Waals surface area contributed by atoms with Gasteiger partial charge in [-0.2, -0.15) is 0 Å². The van der Waals surface area contributed by atoms with E-state index < -0.39 is 0 Å². The number of para-hydroxylation sites is 2. The van der Waals surface area contributed by atoms with Crippen LogP contribution < -0.4 is 4.74 Å². The Kier molecular flexibility index (Phi) is 4.07. The van der Waals surface area contributed by atoms with E-state index in [1.54, 1.807) is 0 Å². The number of fused-ring (bicyclic) bond motifs is 1. The Morgan fingerprint density at radius 1 is 1.00 bits per heavy atom. The molecule has 0 aliphatic rings. The number of nitrogens with zero attached hydrogens (tertiary/aromatic N) is 1. The molecule has 2 aromatic carbocycles. The lowest BCUT2D eigenvalue weighted by molar-refractivity contribution is 0.297. The van der Waals surface area contributed by atoms with Crippen molar-refractivity contribution < 1.29 is 4.74 Å². The molecule has 0 bridgehead atoms. The molecule has 0 unspecified atom stereocenters. The number of aryl methyl sites for hydroxylation is 1.